The summed E-state index contributed by atoms with van der Waals surface area (Å²) in [5.74, 6) is 0.424. The van der Waals surface area contributed by atoms with Crippen molar-refractivity contribution in [2.45, 2.75) is 18.9 Å². The minimum absolute atomic E-state index is 0.283. The van der Waals surface area contributed by atoms with Crippen molar-refractivity contribution in [1.82, 2.24) is 0 Å². The fourth-order valence-electron chi connectivity index (χ4n) is 1.55. The molecule has 1 aliphatic carbocycles. The normalized spacial score (nSPS) is 16.8. The number of nitrogens with one attached hydrogen (secondary N) is 1. The van der Waals surface area contributed by atoms with Crippen molar-refractivity contribution in [3.8, 4) is 0 Å². The number of aliphatic hydroxyl groups is 1. The maximum Gasteiger partial charge on any atom is 0.125 e. The highest BCUT2D eigenvalue weighted by atomic mass is 19.1. The first-order valence-corrected chi connectivity index (χ1v) is 5.99. The lowest BCUT2D eigenvalue weighted by Crippen LogP contribution is -2.25. The molecule has 4 heteroatoms. The molecule has 1 unspecified atom stereocenters. The SMILES string of the molecule is OC(CNc1cccc(F)c1)COCC1CC1. The van der Waals surface area contributed by atoms with Gasteiger partial charge in [0.15, 0.2) is 0 Å². The van der Waals surface area contributed by atoms with E-state index in [1.165, 1.54) is 25.0 Å². The highest BCUT2D eigenvalue weighted by molar-refractivity contribution is 5.43. The molecule has 17 heavy (non-hydrogen) atoms. The van der Waals surface area contributed by atoms with Crippen molar-refractivity contribution >= 4 is 5.69 Å². The molecule has 0 radical (unpaired) electrons. The molecule has 1 saturated carbocycles. The van der Waals surface area contributed by atoms with E-state index in [0.717, 1.165) is 6.61 Å². The van der Waals surface area contributed by atoms with E-state index in [2.05, 4.69) is 5.32 Å². The lowest BCUT2D eigenvalue weighted by Gasteiger charge is -2.13. The van der Waals surface area contributed by atoms with Gasteiger partial charge in [-0.25, -0.2) is 4.39 Å². The van der Waals surface area contributed by atoms with Gasteiger partial charge in [-0.1, -0.05) is 6.07 Å². The number of hydrogen-bond acceptors (Lipinski definition) is 3. The molecule has 3 nitrogen and oxygen atoms in total. The molecule has 0 saturated heterocycles. The van der Waals surface area contributed by atoms with Crippen molar-refractivity contribution in [1.29, 1.82) is 0 Å². The summed E-state index contributed by atoms with van der Waals surface area (Å²) in [7, 11) is 0. The topological polar surface area (TPSA) is 41.5 Å². The quantitative estimate of drug-likeness (QED) is 0.765. The van der Waals surface area contributed by atoms with Crippen molar-refractivity contribution in [2.24, 2.45) is 5.92 Å². The van der Waals surface area contributed by atoms with E-state index >= 15 is 0 Å². The van der Waals surface area contributed by atoms with Crippen LogP contribution in [0.15, 0.2) is 24.3 Å². The molecule has 0 aromatic heterocycles. The third kappa shape index (κ3) is 4.71. The van der Waals surface area contributed by atoms with Crippen LogP contribution in [-0.2, 0) is 4.74 Å². The molecular weight excluding hydrogens is 221 g/mol. The second kappa shape index (κ2) is 5.98. The first-order chi connectivity index (χ1) is 8.24. The second-order valence-electron chi connectivity index (χ2n) is 4.53. The molecule has 2 N–H and O–H groups in total. The largest absolute Gasteiger partial charge is 0.389 e. The fraction of sp³-hybridized carbons (Fsp3) is 0.538. The molecule has 0 spiro atoms. The minimum atomic E-state index is -0.558. The highest BCUT2D eigenvalue weighted by Gasteiger charge is 2.21. The molecule has 2 rings (SSSR count). The maximum absolute atomic E-state index is 12.9. The van der Waals surface area contributed by atoms with Crippen molar-refractivity contribution in [3.05, 3.63) is 30.1 Å². The maximum atomic E-state index is 12.9. The number of rotatable bonds is 7. The Morgan fingerprint density at radius 1 is 1.47 bits per heavy atom. The van der Waals surface area contributed by atoms with Gasteiger partial charge in [-0.2, -0.15) is 0 Å². The van der Waals surface area contributed by atoms with E-state index in [4.69, 9.17) is 4.74 Å². The van der Waals surface area contributed by atoms with Gasteiger partial charge in [-0.05, 0) is 37.0 Å². The van der Waals surface area contributed by atoms with Crippen LogP contribution in [0.2, 0.25) is 0 Å². The van der Waals surface area contributed by atoms with Crippen LogP contribution in [0, 0.1) is 11.7 Å². The van der Waals surface area contributed by atoms with Crippen LogP contribution in [0.25, 0.3) is 0 Å². The summed E-state index contributed by atoms with van der Waals surface area (Å²) in [4.78, 5) is 0. The summed E-state index contributed by atoms with van der Waals surface area (Å²) in [5.41, 5.74) is 0.672. The van der Waals surface area contributed by atoms with Crippen molar-refractivity contribution in [2.75, 3.05) is 25.1 Å². The van der Waals surface area contributed by atoms with Gasteiger partial charge in [0.2, 0.25) is 0 Å². The van der Waals surface area contributed by atoms with Crippen LogP contribution < -0.4 is 5.32 Å². The van der Waals surface area contributed by atoms with Crippen LogP contribution in [-0.4, -0.2) is 31.0 Å². The lowest BCUT2D eigenvalue weighted by atomic mass is 10.3. The molecular formula is C13H18FNO2. The first kappa shape index (κ1) is 12.3. The van der Waals surface area contributed by atoms with Crippen molar-refractivity contribution in [3.63, 3.8) is 0 Å². The molecule has 1 atom stereocenters. The van der Waals surface area contributed by atoms with Gasteiger partial charge in [0.1, 0.15) is 5.82 Å². The number of ether oxygens (including phenoxy) is 1. The highest BCUT2D eigenvalue weighted by Crippen LogP contribution is 2.28. The number of benzene rings is 1. The first-order valence-electron chi connectivity index (χ1n) is 5.99. The Morgan fingerprint density at radius 3 is 3.00 bits per heavy atom. The predicted molar refractivity (Wildman–Crippen MR) is 64.4 cm³/mol. The Kier molecular flexibility index (Phi) is 4.34. The summed E-state index contributed by atoms with van der Waals surface area (Å²) in [6.07, 6.45) is 1.94. The minimum Gasteiger partial charge on any atom is -0.389 e. The van der Waals surface area contributed by atoms with E-state index in [9.17, 15) is 9.50 Å². The van der Waals surface area contributed by atoms with Gasteiger partial charge in [0.25, 0.3) is 0 Å². The van der Waals surface area contributed by atoms with E-state index in [0.29, 0.717) is 24.8 Å². The van der Waals surface area contributed by atoms with Gasteiger partial charge in [-0.3, -0.25) is 0 Å². The Labute approximate surface area is 101 Å². The fourth-order valence-corrected chi connectivity index (χ4v) is 1.55. The number of anilines is 1. The van der Waals surface area contributed by atoms with Gasteiger partial charge in [0.05, 0.1) is 12.7 Å². The molecule has 1 fully saturated rings. The summed E-state index contributed by atoms with van der Waals surface area (Å²) in [5, 5.41) is 12.6. The standard InChI is InChI=1S/C13H18FNO2/c14-11-2-1-3-12(6-11)15-7-13(16)9-17-8-10-4-5-10/h1-3,6,10,13,15-16H,4-5,7-9H2. The van der Waals surface area contributed by atoms with Crippen LogP contribution >= 0.6 is 0 Å². The molecule has 94 valence electrons. The van der Waals surface area contributed by atoms with E-state index in [-0.39, 0.29) is 5.82 Å². The van der Waals surface area contributed by atoms with Gasteiger partial charge in [-0.15, -0.1) is 0 Å². The summed E-state index contributed by atoms with van der Waals surface area (Å²) in [6, 6.07) is 6.19. The van der Waals surface area contributed by atoms with Crippen molar-refractivity contribution < 1.29 is 14.2 Å². The number of aliphatic hydroxyl groups excluding tert-OH is 1. The molecule has 1 aliphatic rings. The molecule has 1 aromatic rings. The van der Waals surface area contributed by atoms with Gasteiger partial charge < -0.3 is 15.2 Å². The molecule has 0 heterocycles. The monoisotopic (exact) mass is 239 g/mol. The zero-order valence-corrected chi connectivity index (χ0v) is 9.73. The van der Waals surface area contributed by atoms with Crippen LogP contribution in [0.5, 0.6) is 0 Å². The van der Waals surface area contributed by atoms with E-state index < -0.39 is 6.10 Å². The average Bonchev–Trinajstić information content (AvgIpc) is 3.11. The van der Waals surface area contributed by atoms with Gasteiger partial charge >= 0.3 is 0 Å². The third-order valence-corrected chi connectivity index (χ3v) is 2.73. The zero-order valence-electron chi connectivity index (χ0n) is 9.73. The van der Waals surface area contributed by atoms with Gasteiger partial charge in [0, 0.05) is 18.8 Å². The second-order valence-corrected chi connectivity index (χ2v) is 4.53. The summed E-state index contributed by atoms with van der Waals surface area (Å²) in [6.45, 7) is 1.45. The van der Waals surface area contributed by atoms with Crippen LogP contribution in [0.3, 0.4) is 0 Å². The van der Waals surface area contributed by atoms with Crippen LogP contribution in [0.1, 0.15) is 12.8 Å². The zero-order chi connectivity index (χ0) is 12.1. The van der Waals surface area contributed by atoms with E-state index in [1.54, 1.807) is 12.1 Å². The Morgan fingerprint density at radius 2 is 2.29 bits per heavy atom. The molecule has 1 aromatic carbocycles. The Bertz CT molecular complexity index is 355. The molecule has 0 aliphatic heterocycles. The van der Waals surface area contributed by atoms with Crippen LogP contribution in [0.4, 0.5) is 10.1 Å². The van der Waals surface area contributed by atoms with E-state index in [1.807, 2.05) is 0 Å². The lowest BCUT2D eigenvalue weighted by molar-refractivity contribution is 0.0386. The average molecular weight is 239 g/mol. The summed E-state index contributed by atoms with van der Waals surface area (Å²) < 4.78 is 18.2. The smallest absolute Gasteiger partial charge is 0.125 e. The Balaban J connectivity index is 1.62. The third-order valence-electron chi connectivity index (χ3n) is 2.73. The predicted octanol–water partition coefficient (Wildman–Crippen LogP) is 2.03. The Hall–Kier alpha value is -1.13. The molecule has 0 amide bonds. The molecule has 0 bridgehead atoms. The number of hydrogen-bond donors (Lipinski definition) is 2. The summed E-state index contributed by atoms with van der Waals surface area (Å²) >= 11 is 0. The number of halogens is 1.